The highest BCUT2D eigenvalue weighted by Crippen LogP contribution is 2.23. The van der Waals surface area contributed by atoms with Crippen molar-refractivity contribution < 1.29 is 9.90 Å². The lowest BCUT2D eigenvalue weighted by atomic mass is 10.1. The summed E-state index contributed by atoms with van der Waals surface area (Å²) in [6.45, 7) is 0.592. The van der Waals surface area contributed by atoms with E-state index in [1.165, 1.54) is 0 Å². The lowest BCUT2D eigenvalue weighted by Gasteiger charge is -2.10. The number of thioether (sulfide) groups is 1. The van der Waals surface area contributed by atoms with Gasteiger partial charge in [-0.2, -0.15) is 11.8 Å². The van der Waals surface area contributed by atoms with Crippen molar-refractivity contribution in [3.8, 4) is 11.8 Å². The number of nitrogens with one attached hydrogen (secondary N) is 1. The van der Waals surface area contributed by atoms with Crippen LogP contribution in [0.1, 0.15) is 24.0 Å². The van der Waals surface area contributed by atoms with E-state index in [-0.39, 0.29) is 18.4 Å². The van der Waals surface area contributed by atoms with E-state index in [1.807, 2.05) is 36.0 Å². The van der Waals surface area contributed by atoms with Crippen molar-refractivity contribution in [2.24, 2.45) is 5.92 Å². The number of aliphatic hydroxyl groups excluding tert-OH is 1. The highest BCUT2D eigenvalue weighted by molar-refractivity contribution is 7.99. The molecule has 1 amide bonds. The zero-order valence-corrected chi connectivity index (χ0v) is 12.2. The quantitative estimate of drug-likeness (QED) is 0.831. The highest BCUT2D eigenvalue weighted by Gasteiger charge is 2.22. The molecular formula is C16H19NO2S. The number of rotatable bonds is 4. The predicted molar refractivity (Wildman–Crippen MR) is 82.3 cm³/mol. The van der Waals surface area contributed by atoms with Gasteiger partial charge < -0.3 is 10.4 Å². The molecule has 20 heavy (non-hydrogen) atoms. The second-order valence-corrected chi connectivity index (χ2v) is 5.86. The van der Waals surface area contributed by atoms with Crippen LogP contribution in [0.2, 0.25) is 0 Å². The number of amides is 1. The van der Waals surface area contributed by atoms with Crippen molar-refractivity contribution in [2.75, 3.05) is 18.1 Å². The zero-order chi connectivity index (χ0) is 14.2. The van der Waals surface area contributed by atoms with Gasteiger partial charge in [0.05, 0.1) is 6.61 Å². The van der Waals surface area contributed by atoms with E-state index in [9.17, 15) is 4.79 Å². The molecule has 1 heterocycles. The van der Waals surface area contributed by atoms with Crippen LogP contribution in [-0.2, 0) is 11.3 Å². The molecule has 2 N–H and O–H groups in total. The monoisotopic (exact) mass is 289 g/mol. The summed E-state index contributed by atoms with van der Waals surface area (Å²) in [6, 6.07) is 7.80. The first kappa shape index (κ1) is 15.0. The summed E-state index contributed by atoms with van der Waals surface area (Å²) in [5, 5.41) is 11.8. The van der Waals surface area contributed by atoms with Gasteiger partial charge in [-0.1, -0.05) is 30.0 Å². The van der Waals surface area contributed by atoms with Gasteiger partial charge in [0.2, 0.25) is 5.91 Å². The van der Waals surface area contributed by atoms with Gasteiger partial charge in [0, 0.05) is 30.2 Å². The van der Waals surface area contributed by atoms with Gasteiger partial charge in [-0.25, -0.2) is 0 Å². The zero-order valence-electron chi connectivity index (χ0n) is 11.4. The highest BCUT2D eigenvalue weighted by atomic mass is 32.2. The van der Waals surface area contributed by atoms with Gasteiger partial charge in [-0.3, -0.25) is 4.79 Å². The fourth-order valence-electron chi connectivity index (χ4n) is 2.08. The first-order valence-electron chi connectivity index (χ1n) is 6.84. The van der Waals surface area contributed by atoms with Crippen molar-refractivity contribution in [1.29, 1.82) is 0 Å². The second kappa shape index (κ2) is 7.98. The molecular weight excluding hydrogens is 270 g/mol. The molecule has 0 bridgehead atoms. The van der Waals surface area contributed by atoms with E-state index in [2.05, 4.69) is 17.2 Å². The minimum Gasteiger partial charge on any atom is -0.395 e. The van der Waals surface area contributed by atoms with Crippen LogP contribution < -0.4 is 5.32 Å². The van der Waals surface area contributed by atoms with Crippen molar-refractivity contribution in [3.05, 3.63) is 35.4 Å². The van der Waals surface area contributed by atoms with Gasteiger partial charge in [0.1, 0.15) is 0 Å². The summed E-state index contributed by atoms with van der Waals surface area (Å²) in [6.07, 6.45) is 1.45. The third kappa shape index (κ3) is 4.29. The van der Waals surface area contributed by atoms with Crippen LogP contribution in [0, 0.1) is 17.8 Å². The molecule has 1 aromatic rings. The van der Waals surface area contributed by atoms with E-state index in [0.717, 1.165) is 29.1 Å². The molecule has 1 aliphatic rings. The predicted octanol–water partition coefficient (Wildman–Crippen LogP) is 1.79. The minimum atomic E-state index is 0.0747. The standard InChI is InChI=1S/C16H19NO2S/c18-9-4-3-6-13-5-1-2-7-14(13)11-17-16(19)15-8-10-20-12-15/h1-2,5,7,15,18H,4,8-12H2,(H,17,19). The number of benzene rings is 1. The van der Waals surface area contributed by atoms with Crippen LogP contribution >= 0.6 is 11.8 Å². The molecule has 0 spiro atoms. The summed E-state index contributed by atoms with van der Waals surface area (Å²) in [7, 11) is 0. The van der Waals surface area contributed by atoms with E-state index in [1.54, 1.807) is 0 Å². The summed E-state index contributed by atoms with van der Waals surface area (Å²) < 4.78 is 0. The van der Waals surface area contributed by atoms with Crippen molar-refractivity contribution >= 4 is 17.7 Å². The van der Waals surface area contributed by atoms with Crippen LogP contribution in [0.25, 0.3) is 0 Å². The summed E-state index contributed by atoms with van der Waals surface area (Å²) in [5.41, 5.74) is 1.94. The fourth-order valence-corrected chi connectivity index (χ4v) is 3.30. The Morgan fingerprint density at radius 1 is 1.45 bits per heavy atom. The molecule has 106 valence electrons. The number of aliphatic hydroxyl groups is 1. The SMILES string of the molecule is O=C(NCc1ccccc1C#CCCO)C1CCSC1. The largest absolute Gasteiger partial charge is 0.395 e. The fraction of sp³-hybridized carbons (Fsp3) is 0.438. The van der Waals surface area contributed by atoms with Crippen LogP contribution in [0.5, 0.6) is 0 Å². The molecule has 1 aromatic carbocycles. The van der Waals surface area contributed by atoms with Crippen LogP contribution in [0.3, 0.4) is 0 Å². The number of carbonyl (C=O) groups is 1. The third-order valence-electron chi connectivity index (χ3n) is 3.23. The molecule has 4 heteroatoms. The maximum Gasteiger partial charge on any atom is 0.224 e. The average Bonchev–Trinajstić information content (AvgIpc) is 3.00. The Bertz CT molecular complexity index is 513. The van der Waals surface area contributed by atoms with Gasteiger partial charge in [0.25, 0.3) is 0 Å². The van der Waals surface area contributed by atoms with Crippen molar-refractivity contribution in [1.82, 2.24) is 5.32 Å². The summed E-state index contributed by atoms with van der Waals surface area (Å²) in [4.78, 5) is 12.0. The minimum absolute atomic E-state index is 0.0747. The molecule has 0 aliphatic carbocycles. The topological polar surface area (TPSA) is 49.3 Å². The van der Waals surface area contributed by atoms with Gasteiger partial charge in [0.15, 0.2) is 0 Å². The molecule has 1 unspecified atom stereocenters. The number of hydrogen-bond acceptors (Lipinski definition) is 3. The maximum absolute atomic E-state index is 12.0. The Morgan fingerprint density at radius 3 is 3.05 bits per heavy atom. The van der Waals surface area contributed by atoms with E-state index >= 15 is 0 Å². The molecule has 0 aromatic heterocycles. The van der Waals surface area contributed by atoms with E-state index < -0.39 is 0 Å². The number of hydrogen-bond donors (Lipinski definition) is 2. The van der Waals surface area contributed by atoms with E-state index in [0.29, 0.717) is 13.0 Å². The Labute approximate surface area is 124 Å². The normalized spacial score (nSPS) is 17.4. The Morgan fingerprint density at radius 2 is 2.30 bits per heavy atom. The molecule has 1 saturated heterocycles. The molecule has 0 saturated carbocycles. The molecule has 1 aliphatic heterocycles. The average molecular weight is 289 g/mol. The lowest BCUT2D eigenvalue weighted by Crippen LogP contribution is -2.30. The van der Waals surface area contributed by atoms with E-state index in [4.69, 9.17) is 5.11 Å². The lowest BCUT2D eigenvalue weighted by molar-refractivity contribution is -0.124. The van der Waals surface area contributed by atoms with Crippen molar-refractivity contribution in [2.45, 2.75) is 19.4 Å². The first-order chi connectivity index (χ1) is 9.81. The van der Waals surface area contributed by atoms with Gasteiger partial charge >= 0.3 is 0 Å². The Balaban J connectivity index is 1.95. The summed E-state index contributed by atoms with van der Waals surface area (Å²) in [5.74, 6) is 8.29. The Hall–Kier alpha value is -1.44. The second-order valence-electron chi connectivity index (χ2n) is 4.71. The van der Waals surface area contributed by atoms with Gasteiger partial charge in [-0.05, 0) is 23.8 Å². The van der Waals surface area contributed by atoms with Crippen LogP contribution in [-0.4, -0.2) is 29.1 Å². The molecule has 2 rings (SSSR count). The molecule has 3 nitrogen and oxygen atoms in total. The number of carbonyl (C=O) groups excluding carboxylic acids is 1. The maximum atomic E-state index is 12.0. The third-order valence-corrected chi connectivity index (χ3v) is 4.39. The van der Waals surface area contributed by atoms with Crippen LogP contribution in [0.4, 0.5) is 0 Å². The Kier molecular flexibility index (Phi) is 5.97. The first-order valence-corrected chi connectivity index (χ1v) is 8.00. The van der Waals surface area contributed by atoms with Crippen LogP contribution in [0.15, 0.2) is 24.3 Å². The molecule has 0 radical (unpaired) electrons. The smallest absolute Gasteiger partial charge is 0.224 e. The summed E-state index contributed by atoms with van der Waals surface area (Å²) >= 11 is 1.84. The van der Waals surface area contributed by atoms with Gasteiger partial charge in [-0.15, -0.1) is 0 Å². The van der Waals surface area contributed by atoms with Crippen molar-refractivity contribution in [3.63, 3.8) is 0 Å². The molecule has 1 atom stereocenters. The molecule has 1 fully saturated rings.